The Bertz CT molecular complexity index is 1070. The molecule has 0 unspecified atom stereocenters. The molecule has 0 aromatic carbocycles. The Morgan fingerprint density at radius 2 is 2.15 bits per heavy atom. The second-order valence-electron chi connectivity index (χ2n) is 6.37. The normalized spacial score (nSPS) is 15.3. The molecule has 4 aromatic heterocycles. The SMILES string of the molecule is Fc1cnccc1[C@H](Nc1nnc(-c2c[nH]c3ncccc23)o1)C1CC1. The topological polar surface area (TPSA) is 92.5 Å². The Morgan fingerprint density at radius 3 is 3.00 bits per heavy atom. The quantitative estimate of drug-likeness (QED) is 0.570. The van der Waals surface area contributed by atoms with Crippen LogP contribution >= 0.6 is 0 Å². The van der Waals surface area contributed by atoms with Crippen molar-refractivity contribution < 1.29 is 8.81 Å². The molecule has 5 rings (SSSR count). The number of H-pyrrole nitrogens is 1. The Morgan fingerprint density at radius 1 is 1.23 bits per heavy atom. The first-order valence-corrected chi connectivity index (χ1v) is 8.41. The van der Waals surface area contributed by atoms with E-state index in [1.165, 1.54) is 6.20 Å². The zero-order chi connectivity index (χ0) is 17.5. The van der Waals surface area contributed by atoms with Crippen LogP contribution in [0.3, 0.4) is 0 Å². The van der Waals surface area contributed by atoms with Gasteiger partial charge in [0, 0.05) is 29.5 Å². The van der Waals surface area contributed by atoms with Gasteiger partial charge in [-0.25, -0.2) is 9.37 Å². The van der Waals surface area contributed by atoms with Gasteiger partial charge in [0.1, 0.15) is 11.5 Å². The highest BCUT2D eigenvalue weighted by Gasteiger charge is 2.35. The number of aromatic amines is 1. The van der Waals surface area contributed by atoms with Crippen molar-refractivity contribution in [2.75, 3.05) is 5.32 Å². The lowest BCUT2D eigenvalue weighted by Crippen LogP contribution is -2.15. The predicted molar refractivity (Wildman–Crippen MR) is 92.7 cm³/mol. The number of nitrogens with one attached hydrogen (secondary N) is 2. The molecule has 4 aromatic rings. The molecule has 0 radical (unpaired) electrons. The zero-order valence-corrected chi connectivity index (χ0v) is 13.7. The minimum Gasteiger partial charge on any atom is -0.403 e. The summed E-state index contributed by atoms with van der Waals surface area (Å²) in [6, 6.07) is 5.53. The molecule has 0 bridgehead atoms. The first kappa shape index (κ1) is 15.0. The Labute approximate surface area is 147 Å². The third-order valence-electron chi connectivity index (χ3n) is 4.62. The van der Waals surface area contributed by atoms with Gasteiger partial charge in [-0.1, -0.05) is 5.10 Å². The van der Waals surface area contributed by atoms with Gasteiger partial charge in [-0.3, -0.25) is 4.98 Å². The van der Waals surface area contributed by atoms with Crippen molar-refractivity contribution in [3.63, 3.8) is 0 Å². The molecule has 26 heavy (non-hydrogen) atoms. The molecular formula is C18H15FN6O. The van der Waals surface area contributed by atoms with Gasteiger partial charge in [-0.15, -0.1) is 5.10 Å². The Kier molecular flexibility index (Phi) is 3.41. The number of anilines is 1. The van der Waals surface area contributed by atoms with Gasteiger partial charge in [-0.05, 0) is 37.0 Å². The molecule has 1 aliphatic rings. The van der Waals surface area contributed by atoms with Gasteiger partial charge in [0.25, 0.3) is 5.89 Å². The molecule has 0 aliphatic heterocycles. The monoisotopic (exact) mass is 350 g/mol. The fraction of sp³-hybridized carbons (Fsp3) is 0.222. The van der Waals surface area contributed by atoms with E-state index in [1.54, 1.807) is 24.7 Å². The number of nitrogens with zero attached hydrogens (tertiary/aromatic N) is 4. The van der Waals surface area contributed by atoms with Gasteiger partial charge < -0.3 is 14.7 Å². The summed E-state index contributed by atoms with van der Waals surface area (Å²) in [7, 11) is 0. The van der Waals surface area contributed by atoms with Crippen molar-refractivity contribution >= 4 is 17.0 Å². The molecule has 1 saturated carbocycles. The highest BCUT2D eigenvalue weighted by Crippen LogP contribution is 2.43. The summed E-state index contributed by atoms with van der Waals surface area (Å²) in [4.78, 5) is 11.2. The number of rotatable bonds is 5. The summed E-state index contributed by atoms with van der Waals surface area (Å²) < 4.78 is 19.9. The summed E-state index contributed by atoms with van der Waals surface area (Å²) in [6.07, 6.45) is 8.39. The average Bonchev–Trinajstić information content (AvgIpc) is 3.25. The molecule has 7 nitrogen and oxygen atoms in total. The third kappa shape index (κ3) is 2.59. The number of fused-ring (bicyclic) bond motifs is 1. The van der Waals surface area contributed by atoms with Crippen LogP contribution in [0.2, 0.25) is 0 Å². The summed E-state index contributed by atoms with van der Waals surface area (Å²) in [5.41, 5.74) is 2.11. The molecule has 0 amide bonds. The van der Waals surface area contributed by atoms with E-state index in [4.69, 9.17) is 4.42 Å². The van der Waals surface area contributed by atoms with Gasteiger partial charge in [-0.2, -0.15) is 0 Å². The number of aromatic nitrogens is 5. The molecular weight excluding hydrogens is 335 g/mol. The second kappa shape index (κ2) is 5.91. The van der Waals surface area contributed by atoms with Crippen molar-refractivity contribution in [3.8, 4) is 11.5 Å². The molecule has 1 aliphatic carbocycles. The largest absolute Gasteiger partial charge is 0.403 e. The van der Waals surface area contributed by atoms with E-state index in [0.29, 0.717) is 17.4 Å². The smallest absolute Gasteiger partial charge is 0.316 e. The van der Waals surface area contributed by atoms with Gasteiger partial charge >= 0.3 is 6.01 Å². The van der Waals surface area contributed by atoms with Crippen LogP contribution in [0.4, 0.5) is 10.4 Å². The minimum absolute atomic E-state index is 0.212. The van der Waals surface area contributed by atoms with Crippen molar-refractivity contribution in [3.05, 3.63) is 54.4 Å². The highest BCUT2D eigenvalue weighted by molar-refractivity contribution is 5.90. The number of hydrogen-bond donors (Lipinski definition) is 2. The Balaban J connectivity index is 1.45. The van der Waals surface area contributed by atoms with Gasteiger partial charge in [0.2, 0.25) is 0 Å². The van der Waals surface area contributed by atoms with Crippen molar-refractivity contribution in [2.24, 2.45) is 5.92 Å². The molecule has 1 atom stereocenters. The van der Waals surface area contributed by atoms with Crippen LogP contribution in [-0.4, -0.2) is 25.1 Å². The van der Waals surface area contributed by atoms with Crippen LogP contribution in [0.1, 0.15) is 24.4 Å². The maximum atomic E-state index is 14.2. The molecule has 130 valence electrons. The first-order chi connectivity index (χ1) is 12.8. The fourth-order valence-electron chi connectivity index (χ4n) is 3.17. The standard InChI is InChI=1S/C18H15FN6O/c19-14-9-20-7-5-12(14)15(10-3-4-10)23-18-25-24-17(26-18)13-8-22-16-11(13)2-1-6-21-16/h1-2,5-10,15H,3-4H2,(H,21,22)(H,23,25)/t15-/m1/s1. The minimum atomic E-state index is -0.334. The maximum absolute atomic E-state index is 14.2. The third-order valence-corrected chi connectivity index (χ3v) is 4.62. The van der Waals surface area contributed by atoms with Crippen LogP contribution in [-0.2, 0) is 0 Å². The van der Waals surface area contributed by atoms with Crippen LogP contribution in [0.15, 0.2) is 47.4 Å². The number of halogens is 1. The maximum Gasteiger partial charge on any atom is 0.316 e. The number of pyridine rings is 2. The molecule has 0 spiro atoms. The predicted octanol–water partition coefficient (Wildman–Crippen LogP) is 3.71. The van der Waals surface area contributed by atoms with E-state index in [0.717, 1.165) is 29.4 Å². The molecule has 2 N–H and O–H groups in total. The lowest BCUT2D eigenvalue weighted by Gasteiger charge is -2.17. The number of hydrogen-bond acceptors (Lipinski definition) is 6. The summed E-state index contributed by atoms with van der Waals surface area (Å²) in [6.45, 7) is 0. The lowest BCUT2D eigenvalue weighted by atomic mass is 10.0. The van der Waals surface area contributed by atoms with E-state index in [1.807, 2.05) is 12.1 Å². The van der Waals surface area contributed by atoms with Crippen LogP contribution in [0.5, 0.6) is 0 Å². The van der Waals surface area contributed by atoms with Crippen molar-refractivity contribution in [1.82, 2.24) is 25.1 Å². The van der Waals surface area contributed by atoms with Gasteiger partial charge in [0.05, 0.1) is 17.8 Å². The van der Waals surface area contributed by atoms with E-state index in [9.17, 15) is 4.39 Å². The summed E-state index contributed by atoms with van der Waals surface area (Å²) in [5.74, 6) is 0.398. The van der Waals surface area contributed by atoms with E-state index < -0.39 is 0 Å². The van der Waals surface area contributed by atoms with E-state index in [2.05, 4.69) is 30.5 Å². The van der Waals surface area contributed by atoms with Crippen molar-refractivity contribution in [2.45, 2.75) is 18.9 Å². The van der Waals surface area contributed by atoms with Crippen LogP contribution in [0, 0.1) is 11.7 Å². The second-order valence-corrected chi connectivity index (χ2v) is 6.37. The first-order valence-electron chi connectivity index (χ1n) is 8.41. The molecule has 8 heteroatoms. The van der Waals surface area contributed by atoms with E-state index in [-0.39, 0.29) is 17.9 Å². The molecule has 1 fully saturated rings. The molecule has 0 saturated heterocycles. The van der Waals surface area contributed by atoms with Crippen LogP contribution < -0.4 is 5.32 Å². The van der Waals surface area contributed by atoms with Gasteiger partial charge in [0.15, 0.2) is 0 Å². The lowest BCUT2D eigenvalue weighted by molar-refractivity contribution is 0.534. The van der Waals surface area contributed by atoms with Crippen LogP contribution in [0.25, 0.3) is 22.5 Å². The van der Waals surface area contributed by atoms with Crippen molar-refractivity contribution in [1.29, 1.82) is 0 Å². The fourth-order valence-corrected chi connectivity index (χ4v) is 3.17. The Hall–Kier alpha value is -3.29. The summed E-state index contributed by atoms with van der Waals surface area (Å²) in [5, 5.41) is 12.3. The highest BCUT2D eigenvalue weighted by atomic mass is 19.1. The summed E-state index contributed by atoms with van der Waals surface area (Å²) >= 11 is 0. The average molecular weight is 350 g/mol. The zero-order valence-electron chi connectivity index (χ0n) is 13.7. The molecule has 4 heterocycles. The van der Waals surface area contributed by atoms with E-state index >= 15 is 0 Å².